The van der Waals surface area contributed by atoms with Gasteiger partial charge in [-0.25, -0.2) is 20.2 Å². The molecule has 0 amide bonds. The number of nitrogens with two attached hydrogens (primary N) is 1. The first-order chi connectivity index (χ1) is 9.17. The van der Waals surface area contributed by atoms with Crippen molar-refractivity contribution in [3.05, 3.63) is 40.9 Å². The van der Waals surface area contributed by atoms with E-state index in [4.69, 9.17) is 17.4 Å². The number of hydrogen-bond donors (Lipinski definition) is 3. The monoisotopic (exact) mass is 281 g/mol. The predicted molar refractivity (Wildman–Crippen MR) is 73.9 cm³/mol. The minimum atomic E-state index is -0.521. The Labute approximate surface area is 115 Å². The van der Waals surface area contributed by atoms with E-state index >= 15 is 0 Å². The van der Waals surface area contributed by atoms with Crippen LogP contribution in [0.4, 0.5) is 21.7 Å². The molecule has 0 fully saturated rings. The summed E-state index contributed by atoms with van der Waals surface area (Å²) < 4.78 is 13.8. The number of nitrogen functional groups attached to an aromatic ring is 1. The maximum absolute atomic E-state index is 13.8. The molecular weight excluding hydrogens is 269 g/mol. The summed E-state index contributed by atoms with van der Waals surface area (Å²) in [5.41, 5.74) is 3.51. The van der Waals surface area contributed by atoms with Crippen LogP contribution in [-0.2, 0) is 6.42 Å². The quantitative estimate of drug-likeness (QED) is 0.593. The van der Waals surface area contributed by atoms with E-state index in [9.17, 15) is 4.39 Å². The van der Waals surface area contributed by atoms with Gasteiger partial charge in [0.25, 0.3) is 0 Å². The van der Waals surface area contributed by atoms with Crippen LogP contribution in [0.5, 0.6) is 0 Å². The molecule has 19 heavy (non-hydrogen) atoms. The van der Waals surface area contributed by atoms with E-state index in [0.29, 0.717) is 18.1 Å². The fraction of sp³-hybridized carbons (Fsp3) is 0.167. The summed E-state index contributed by atoms with van der Waals surface area (Å²) in [6, 6.07) is 4.72. The highest BCUT2D eigenvalue weighted by Gasteiger charge is 2.12. The highest BCUT2D eigenvalue weighted by molar-refractivity contribution is 6.31. The zero-order valence-corrected chi connectivity index (χ0v) is 11.0. The molecule has 0 saturated heterocycles. The van der Waals surface area contributed by atoms with Gasteiger partial charge in [0, 0.05) is 5.56 Å². The molecule has 0 aliphatic rings. The van der Waals surface area contributed by atoms with Crippen LogP contribution in [0.25, 0.3) is 0 Å². The van der Waals surface area contributed by atoms with Crippen LogP contribution in [0.3, 0.4) is 0 Å². The van der Waals surface area contributed by atoms with E-state index in [-0.39, 0.29) is 10.7 Å². The number of anilines is 3. The van der Waals surface area contributed by atoms with Crippen molar-refractivity contribution in [2.75, 3.05) is 10.7 Å². The van der Waals surface area contributed by atoms with Crippen molar-refractivity contribution in [1.29, 1.82) is 0 Å². The SMILES string of the molecule is CCc1c(NN)ncnc1Nc1cccc(Cl)c1F. The summed E-state index contributed by atoms with van der Waals surface area (Å²) in [6.45, 7) is 1.93. The third-order valence-electron chi connectivity index (χ3n) is 2.64. The van der Waals surface area contributed by atoms with Gasteiger partial charge in [-0.1, -0.05) is 24.6 Å². The summed E-state index contributed by atoms with van der Waals surface area (Å²) in [5, 5.41) is 2.95. The van der Waals surface area contributed by atoms with E-state index in [0.717, 1.165) is 5.56 Å². The van der Waals surface area contributed by atoms with Crippen molar-refractivity contribution in [1.82, 2.24) is 9.97 Å². The lowest BCUT2D eigenvalue weighted by Gasteiger charge is -2.13. The van der Waals surface area contributed by atoms with E-state index in [2.05, 4.69) is 20.7 Å². The molecule has 100 valence electrons. The third kappa shape index (κ3) is 2.74. The molecule has 0 unspecified atom stereocenters. The Morgan fingerprint density at radius 2 is 2.05 bits per heavy atom. The summed E-state index contributed by atoms with van der Waals surface area (Å²) in [5.74, 6) is 5.85. The van der Waals surface area contributed by atoms with Gasteiger partial charge in [-0.05, 0) is 18.6 Å². The smallest absolute Gasteiger partial charge is 0.165 e. The number of aromatic nitrogens is 2. The average Bonchev–Trinajstić information content (AvgIpc) is 2.43. The first-order valence-corrected chi connectivity index (χ1v) is 6.06. The van der Waals surface area contributed by atoms with Gasteiger partial charge in [-0.15, -0.1) is 0 Å². The van der Waals surface area contributed by atoms with Crippen molar-refractivity contribution in [3.63, 3.8) is 0 Å². The third-order valence-corrected chi connectivity index (χ3v) is 2.93. The standard InChI is InChI=1S/C12H13ClFN5/c1-2-7-11(16-6-17-12(7)19-15)18-9-5-3-4-8(13)10(9)14/h3-6H,2,15H2,1H3,(H2,16,17,18,19). The minimum Gasteiger partial charge on any atom is -0.337 e. The van der Waals surface area contributed by atoms with Gasteiger partial charge in [0.15, 0.2) is 5.82 Å². The zero-order chi connectivity index (χ0) is 13.8. The van der Waals surface area contributed by atoms with Crippen LogP contribution in [0.1, 0.15) is 12.5 Å². The Balaban J connectivity index is 2.41. The van der Waals surface area contributed by atoms with Gasteiger partial charge in [0.1, 0.15) is 18.0 Å². The summed E-state index contributed by atoms with van der Waals surface area (Å²) in [4.78, 5) is 8.10. The molecule has 0 bridgehead atoms. The minimum absolute atomic E-state index is 0.0503. The van der Waals surface area contributed by atoms with Crippen molar-refractivity contribution in [2.45, 2.75) is 13.3 Å². The molecule has 0 saturated carbocycles. The molecule has 0 aliphatic carbocycles. The van der Waals surface area contributed by atoms with E-state index in [1.807, 2.05) is 6.92 Å². The lowest BCUT2D eigenvalue weighted by Crippen LogP contribution is -2.13. The maximum Gasteiger partial charge on any atom is 0.165 e. The van der Waals surface area contributed by atoms with Crippen LogP contribution in [0.15, 0.2) is 24.5 Å². The molecule has 5 nitrogen and oxygen atoms in total. The number of nitrogens with one attached hydrogen (secondary N) is 2. The second-order valence-corrected chi connectivity index (χ2v) is 4.18. The first kappa shape index (κ1) is 13.5. The number of hydrazine groups is 1. The molecule has 1 heterocycles. The molecule has 1 aromatic carbocycles. The van der Waals surface area contributed by atoms with Gasteiger partial charge in [0.2, 0.25) is 0 Å². The molecule has 2 aromatic rings. The van der Waals surface area contributed by atoms with Gasteiger partial charge in [-0.3, -0.25) is 0 Å². The van der Waals surface area contributed by atoms with E-state index < -0.39 is 5.82 Å². The molecule has 7 heteroatoms. The van der Waals surface area contributed by atoms with E-state index in [1.54, 1.807) is 12.1 Å². The van der Waals surface area contributed by atoms with E-state index in [1.165, 1.54) is 12.4 Å². The van der Waals surface area contributed by atoms with Crippen LogP contribution < -0.4 is 16.6 Å². The number of halogens is 2. The lowest BCUT2D eigenvalue weighted by atomic mass is 10.2. The summed E-state index contributed by atoms with van der Waals surface area (Å²) in [7, 11) is 0. The molecule has 1 aromatic heterocycles. The Kier molecular flexibility index (Phi) is 4.13. The molecule has 2 rings (SSSR count). The second-order valence-electron chi connectivity index (χ2n) is 3.77. The lowest BCUT2D eigenvalue weighted by molar-refractivity contribution is 0.632. The van der Waals surface area contributed by atoms with Crippen LogP contribution in [0.2, 0.25) is 5.02 Å². The van der Waals surface area contributed by atoms with Crippen molar-refractivity contribution in [3.8, 4) is 0 Å². The van der Waals surface area contributed by atoms with Crippen molar-refractivity contribution < 1.29 is 4.39 Å². The number of rotatable bonds is 4. The van der Waals surface area contributed by atoms with Gasteiger partial charge >= 0.3 is 0 Å². The van der Waals surface area contributed by atoms with Crippen molar-refractivity contribution in [2.24, 2.45) is 5.84 Å². The maximum atomic E-state index is 13.8. The average molecular weight is 282 g/mol. The first-order valence-electron chi connectivity index (χ1n) is 5.68. The molecule has 0 radical (unpaired) electrons. The van der Waals surface area contributed by atoms with Crippen LogP contribution in [0, 0.1) is 5.82 Å². The molecule has 0 spiro atoms. The number of nitrogens with zero attached hydrogens (tertiary/aromatic N) is 2. The predicted octanol–water partition coefficient (Wildman–Crippen LogP) is 2.86. The van der Waals surface area contributed by atoms with Gasteiger partial charge in [0.05, 0.1) is 10.7 Å². The van der Waals surface area contributed by atoms with Gasteiger partial charge < -0.3 is 10.7 Å². The Morgan fingerprint density at radius 3 is 2.74 bits per heavy atom. The fourth-order valence-corrected chi connectivity index (χ4v) is 1.88. The Morgan fingerprint density at radius 1 is 1.32 bits per heavy atom. The zero-order valence-electron chi connectivity index (χ0n) is 10.2. The molecule has 0 aliphatic heterocycles. The largest absolute Gasteiger partial charge is 0.337 e. The normalized spacial score (nSPS) is 10.3. The second kappa shape index (κ2) is 5.81. The molecule has 4 N–H and O–H groups in total. The fourth-order valence-electron chi connectivity index (χ4n) is 1.71. The Bertz CT molecular complexity index is 590. The topological polar surface area (TPSA) is 75.9 Å². The highest BCUT2D eigenvalue weighted by atomic mass is 35.5. The van der Waals surface area contributed by atoms with Crippen LogP contribution >= 0.6 is 11.6 Å². The highest BCUT2D eigenvalue weighted by Crippen LogP contribution is 2.27. The summed E-state index contributed by atoms with van der Waals surface area (Å²) in [6.07, 6.45) is 1.99. The molecule has 0 atom stereocenters. The molecular formula is C12H13ClFN5. The van der Waals surface area contributed by atoms with Crippen LogP contribution in [-0.4, -0.2) is 9.97 Å². The number of hydrogen-bond acceptors (Lipinski definition) is 5. The number of benzene rings is 1. The summed E-state index contributed by atoms with van der Waals surface area (Å²) >= 11 is 5.73. The van der Waals surface area contributed by atoms with Gasteiger partial charge in [-0.2, -0.15) is 0 Å². The Hall–Kier alpha value is -1.92. The van der Waals surface area contributed by atoms with Crippen molar-refractivity contribution >= 4 is 28.9 Å².